The minimum atomic E-state index is -0.122. The van der Waals surface area contributed by atoms with Gasteiger partial charge in [-0.15, -0.1) is 10.2 Å². The average molecular weight is 248 g/mol. The molecular formula is C13H20N4O. The Kier molecular flexibility index (Phi) is 3.79. The van der Waals surface area contributed by atoms with E-state index in [9.17, 15) is 4.79 Å². The Morgan fingerprint density at radius 2 is 2.11 bits per heavy atom. The van der Waals surface area contributed by atoms with Crippen molar-refractivity contribution >= 4 is 11.7 Å². The van der Waals surface area contributed by atoms with Gasteiger partial charge in [-0.3, -0.25) is 4.79 Å². The van der Waals surface area contributed by atoms with Crippen molar-refractivity contribution in [3.63, 3.8) is 0 Å². The summed E-state index contributed by atoms with van der Waals surface area (Å²) in [6.07, 6.45) is 3.72. The number of rotatable bonds is 3. The van der Waals surface area contributed by atoms with Crippen LogP contribution in [-0.2, 0) is 0 Å². The van der Waals surface area contributed by atoms with Gasteiger partial charge in [-0.1, -0.05) is 13.3 Å². The van der Waals surface area contributed by atoms with Crippen molar-refractivity contribution in [2.75, 3.05) is 19.4 Å². The van der Waals surface area contributed by atoms with Gasteiger partial charge < -0.3 is 10.2 Å². The number of carbonyl (C=O) groups excluding carboxylic acids is 1. The molecular weight excluding hydrogens is 228 g/mol. The number of carbonyl (C=O) groups is 1. The summed E-state index contributed by atoms with van der Waals surface area (Å²) in [5.74, 6) is 1.31. The molecule has 2 unspecified atom stereocenters. The number of nitrogens with one attached hydrogen (secondary N) is 1. The summed E-state index contributed by atoms with van der Waals surface area (Å²) in [5, 5.41) is 11.4. The van der Waals surface area contributed by atoms with Crippen LogP contribution in [-0.4, -0.2) is 41.1 Å². The Morgan fingerprint density at radius 3 is 2.61 bits per heavy atom. The molecule has 0 saturated heterocycles. The van der Waals surface area contributed by atoms with Gasteiger partial charge in [0.2, 0.25) is 0 Å². The van der Waals surface area contributed by atoms with E-state index >= 15 is 0 Å². The maximum absolute atomic E-state index is 11.7. The maximum atomic E-state index is 11.7. The number of hydrogen-bond acceptors (Lipinski definition) is 4. The van der Waals surface area contributed by atoms with Crippen molar-refractivity contribution in [2.24, 2.45) is 5.92 Å². The van der Waals surface area contributed by atoms with Gasteiger partial charge >= 0.3 is 0 Å². The van der Waals surface area contributed by atoms with E-state index in [0.717, 1.165) is 5.82 Å². The van der Waals surface area contributed by atoms with Crippen LogP contribution in [0.5, 0.6) is 0 Å². The van der Waals surface area contributed by atoms with Gasteiger partial charge in [-0.05, 0) is 30.9 Å². The summed E-state index contributed by atoms with van der Waals surface area (Å²) in [4.78, 5) is 13.2. The lowest BCUT2D eigenvalue weighted by molar-refractivity contribution is 0.0821. The van der Waals surface area contributed by atoms with Crippen LogP contribution < -0.4 is 5.32 Å². The van der Waals surface area contributed by atoms with E-state index in [1.54, 1.807) is 20.2 Å². The number of amides is 1. The Hall–Kier alpha value is -1.65. The molecule has 1 aromatic heterocycles. The molecule has 1 amide bonds. The largest absolute Gasteiger partial charge is 0.366 e. The van der Waals surface area contributed by atoms with Crippen molar-refractivity contribution in [1.29, 1.82) is 0 Å². The van der Waals surface area contributed by atoms with Crippen LogP contribution in [0.4, 0.5) is 5.82 Å². The van der Waals surface area contributed by atoms with Crippen LogP contribution in [0.1, 0.15) is 36.7 Å². The van der Waals surface area contributed by atoms with E-state index in [1.807, 2.05) is 6.07 Å². The molecule has 1 fully saturated rings. The Labute approximate surface area is 108 Å². The Morgan fingerprint density at radius 1 is 1.33 bits per heavy atom. The Bertz CT molecular complexity index is 416. The summed E-state index contributed by atoms with van der Waals surface area (Å²) < 4.78 is 0. The number of anilines is 1. The van der Waals surface area contributed by atoms with Crippen molar-refractivity contribution < 1.29 is 4.79 Å². The zero-order chi connectivity index (χ0) is 13.1. The van der Waals surface area contributed by atoms with E-state index in [0.29, 0.717) is 17.7 Å². The van der Waals surface area contributed by atoms with Crippen molar-refractivity contribution in [3.8, 4) is 0 Å². The van der Waals surface area contributed by atoms with Gasteiger partial charge in [0, 0.05) is 20.1 Å². The molecule has 0 aliphatic heterocycles. The zero-order valence-corrected chi connectivity index (χ0v) is 11.2. The third-order valence-corrected chi connectivity index (χ3v) is 3.48. The minimum Gasteiger partial charge on any atom is -0.366 e. The molecule has 5 heteroatoms. The zero-order valence-electron chi connectivity index (χ0n) is 11.2. The minimum absolute atomic E-state index is 0.122. The molecule has 1 heterocycles. The first-order valence-electron chi connectivity index (χ1n) is 6.40. The fraction of sp³-hybridized carbons (Fsp3) is 0.615. The van der Waals surface area contributed by atoms with Gasteiger partial charge in [0.05, 0.1) is 0 Å². The summed E-state index contributed by atoms with van der Waals surface area (Å²) >= 11 is 0. The summed E-state index contributed by atoms with van der Waals surface area (Å²) in [6, 6.07) is 4.03. The lowest BCUT2D eigenvalue weighted by Gasteiger charge is -2.17. The molecule has 98 valence electrons. The number of aromatic nitrogens is 2. The average Bonchev–Trinajstić information content (AvgIpc) is 2.75. The molecule has 0 aromatic carbocycles. The van der Waals surface area contributed by atoms with Gasteiger partial charge in [-0.25, -0.2) is 0 Å². The second-order valence-electron chi connectivity index (χ2n) is 5.16. The quantitative estimate of drug-likeness (QED) is 0.885. The fourth-order valence-electron chi connectivity index (χ4n) is 2.30. The highest BCUT2D eigenvalue weighted by atomic mass is 16.2. The molecule has 1 aliphatic carbocycles. The fourth-order valence-corrected chi connectivity index (χ4v) is 2.30. The number of hydrogen-bond donors (Lipinski definition) is 1. The first-order valence-corrected chi connectivity index (χ1v) is 6.40. The van der Waals surface area contributed by atoms with Crippen molar-refractivity contribution in [1.82, 2.24) is 15.1 Å². The highest BCUT2D eigenvalue weighted by Crippen LogP contribution is 2.27. The second-order valence-corrected chi connectivity index (χ2v) is 5.16. The normalized spacial score (nSPS) is 22.8. The molecule has 5 nitrogen and oxygen atoms in total. The van der Waals surface area contributed by atoms with Gasteiger partial charge in [-0.2, -0.15) is 0 Å². The third-order valence-electron chi connectivity index (χ3n) is 3.48. The van der Waals surface area contributed by atoms with Crippen LogP contribution in [0.2, 0.25) is 0 Å². The van der Waals surface area contributed by atoms with Crippen LogP contribution >= 0.6 is 0 Å². The molecule has 1 aliphatic rings. The first kappa shape index (κ1) is 12.8. The van der Waals surface area contributed by atoms with E-state index in [-0.39, 0.29) is 5.91 Å². The van der Waals surface area contributed by atoms with Gasteiger partial charge in [0.1, 0.15) is 5.82 Å². The predicted molar refractivity (Wildman–Crippen MR) is 70.5 cm³/mol. The number of nitrogens with zero attached hydrogens (tertiary/aromatic N) is 3. The summed E-state index contributed by atoms with van der Waals surface area (Å²) in [7, 11) is 3.41. The van der Waals surface area contributed by atoms with E-state index in [2.05, 4.69) is 22.4 Å². The molecule has 2 rings (SSSR count). The van der Waals surface area contributed by atoms with Crippen LogP contribution in [0.3, 0.4) is 0 Å². The summed E-state index contributed by atoms with van der Waals surface area (Å²) in [5.41, 5.74) is 0.380. The van der Waals surface area contributed by atoms with Crippen LogP contribution in [0.15, 0.2) is 12.1 Å². The van der Waals surface area contributed by atoms with Gasteiger partial charge in [0.15, 0.2) is 5.69 Å². The highest BCUT2D eigenvalue weighted by molar-refractivity contribution is 5.91. The highest BCUT2D eigenvalue weighted by Gasteiger charge is 2.23. The molecule has 0 radical (unpaired) electrons. The lowest BCUT2D eigenvalue weighted by Crippen LogP contribution is -2.25. The molecule has 2 atom stereocenters. The standard InChI is InChI=1S/C13H20N4O/c1-9-5-4-6-10(9)14-12-8-7-11(15-16-12)13(18)17(2)3/h7-10H,4-6H2,1-3H3,(H,14,16). The predicted octanol–water partition coefficient (Wildman–Crippen LogP) is 1.78. The van der Waals surface area contributed by atoms with Crippen LogP contribution in [0.25, 0.3) is 0 Å². The monoisotopic (exact) mass is 248 g/mol. The van der Waals surface area contributed by atoms with Gasteiger partial charge in [0.25, 0.3) is 5.91 Å². The smallest absolute Gasteiger partial charge is 0.273 e. The molecule has 1 aromatic rings. The second kappa shape index (κ2) is 5.33. The van der Waals surface area contributed by atoms with E-state index in [4.69, 9.17) is 0 Å². The topological polar surface area (TPSA) is 58.1 Å². The third kappa shape index (κ3) is 2.78. The first-order chi connectivity index (χ1) is 8.58. The molecule has 0 spiro atoms. The molecule has 1 N–H and O–H groups in total. The molecule has 1 saturated carbocycles. The molecule has 18 heavy (non-hydrogen) atoms. The maximum Gasteiger partial charge on any atom is 0.273 e. The van der Waals surface area contributed by atoms with Crippen molar-refractivity contribution in [3.05, 3.63) is 17.8 Å². The van der Waals surface area contributed by atoms with Crippen LogP contribution in [0, 0.1) is 5.92 Å². The lowest BCUT2D eigenvalue weighted by atomic mass is 10.1. The summed E-state index contributed by atoms with van der Waals surface area (Å²) in [6.45, 7) is 2.25. The van der Waals surface area contributed by atoms with E-state index in [1.165, 1.54) is 24.2 Å². The Balaban J connectivity index is 2.01. The molecule has 0 bridgehead atoms. The van der Waals surface area contributed by atoms with Crippen molar-refractivity contribution in [2.45, 2.75) is 32.2 Å². The van der Waals surface area contributed by atoms with E-state index < -0.39 is 0 Å². The SMILES string of the molecule is CC1CCCC1Nc1ccc(C(=O)N(C)C)nn1.